The average Bonchev–Trinajstić information content (AvgIpc) is 2.25. The Morgan fingerprint density at radius 3 is 2.88 bits per heavy atom. The highest BCUT2D eigenvalue weighted by Crippen LogP contribution is 2.07. The Balaban J connectivity index is 2.40. The monoisotopic (exact) mass is 225 g/mol. The molecular formula is C12H19NO3. The van der Waals surface area contributed by atoms with Gasteiger partial charge in [-0.25, -0.2) is 0 Å². The summed E-state index contributed by atoms with van der Waals surface area (Å²) in [6.07, 6.45) is 6.07. The first-order valence-electron chi connectivity index (χ1n) is 5.53. The van der Waals surface area contributed by atoms with Gasteiger partial charge in [0.1, 0.15) is 12.6 Å². The highest BCUT2D eigenvalue weighted by Gasteiger charge is 2.18. The van der Waals surface area contributed by atoms with E-state index in [1.54, 1.807) is 6.26 Å². The van der Waals surface area contributed by atoms with Crippen LogP contribution in [0.1, 0.15) is 20.3 Å². The van der Waals surface area contributed by atoms with Crippen LogP contribution in [0.2, 0.25) is 0 Å². The second-order valence-corrected chi connectivity index (χ2v) is 4.32. The van der Waals surface area contributed by atoms with E-state index >= 15 is 0 Å². The van der Waals surface area contributed by atoms with Crippen molar-refractivity contribution in [3.63, 3.8) is 0 Å². The Hall–Kier alpha value is -1.29. The molecule has 1 aliphatic rings. The van der Waals surface area contributed by atoms with Crippen LogP contribution in [-0.2, 0) is 9.53 Å². The van der Waals surface area contributed by atoms with Crippen LogP contribution in [0.4, 0.5) is 0 Å². The molecular weight excluding hydrogens is 206 g/mol. The molecule has 0 amide bonds. The van der Waals surface area contributed by atoms with Crippen molar-refractivity contribution < 1.29 is 14.6 Å². The summed E-state index contributed by atoms with van der Waals surface area (Å²) in [5.41, 5.74) is 1.07. The Labute approximate surface area is 96.0 Å². The number of aliphatic carboxylic acids is 1. The van der Waals surface area contributed by atoms with Crippen molar-refractivity contribution >= 4 is 5.97 Å². The average molecular weight is 225 g/mol. The van der Waals surface area contributed by atoms with Crippen LogP contribution < -0.4 is 5.32 Å². The molecule has 90 valence electrons. The van der Waals surface area contributed by atoms with Crippen molar-refractivity contribution in [2.45, 2.75) is 26.3 Å². The van der Waals surface area contributed by atoms with Gasteiger partial charge in [0.05, 0.1) is 6.26 Å². The second-order valence-electron chi connectivity index (χ2n) is 4.32. The van der Waals surface area contributed by atoms with Crippen molar-refractivity contribution in [2.24, 2.45) is 5.92 Å². The van der Waals surface area contributed by atoms with Gasteiger partial charge >= 0.3 is 5.97 Å². The Bertz CT molecular complexity index is 295. The standard InChI is InChI=1S/C12H19NO3/c1-9(2)7-11(12(14)15)13-8-10-3-5-16-6-4-10/h3-5,9,11,13H,6-8H2,1-2H3,(H,14,15). The van der Waals surface area contributed by atoms with E-state index in [0.29, 0.717) is 25.5 Å². The molecule has 0 aromatic carbocycles. The van der Waals surface area contributed by atoms with Gasteiger partial charge in [-0.3, -0.25) is 4.79 Å². The maximum atomic E-state index is 11.0. The van der Waals surface area contributed by atoms with Gasteiger partial charge in [-0.15, -0.1) is 0 Å². The molecule has 1 unspecified atom stereocenters. The van der Waals surface area contributed by atoms with E-state index in [2.05, 4.69) is 5.32 Å². The molecule has 4 heteroatoms. The lowest BCUT2D eigenvalue weighted by Gasteiger charge is -2.17. The predicted octanol–water partition coefficient (Wildman–Crippen LogP) is 1.55. The highest BCUT2D eigenvalue weighted by atomic mass is 16.5. The normalized spacial score (nSPS) is 16.8. The summed E-state index contributed by atoms with van der Waals surface area (Å²) in [7, 11) is 0. The van der Waals surface area contributed by atoms with Crippen molar-refractivity contribution in [1.29, 1.82) is 0 Å². The van der Waals surface area contributed by atoms with E-state index in [0.717, 1.165) is 5.57 Å². The molecule has 1 atom stereocenters. The summed E-state index contributed by atoms with van der Waals surface area (Å²) in [4.78, 5) is 11.0. The maximum Gasteiger partial charge on any atom is 0.320 e. The predicted molar refractivity (Wildman–Crippen MR) is 62.1 cm³/mol. The molecule has 0 fully saturated rings. The van der Waals surface area contributed by atoms with Crippen LogP contribution >= 0.6 is 0 Å². The maximum absolute atomic E-state index is 11.0. The number of nitrogens with one attached hydrogen (secondary N) is 1. The third-order valence-corrected chi connectivity index (χ3v) is 2.38. The molecule has 0 spiro atoms. The number of rotatable bonds is 6. The van der Waals surface area contributed by atoms with Crippen LogP contribution in [0.15, 0.2) is 24.0 Å². The summed E-state index contributed by atoms with van der Waals surface area (Å²) < 4.78 is 5.02. The minimum absolute atomic E-state index is 0.368. The summed E-state index contributed by atoms with van der Waals surface area (Å²) in [6, 6.07) is -0.475. The zero-order valence-electron chi connectivity index (χ0n) is 9.77. The molecule has 2 N–H and O–H groups in total. The molecule has 0 saturated heterocycles. The number of hydrogen-bond donors (Lipinski definition) is 2. The van der Waals surface area contributed by atoms with Crippen molar-refractivity contribution in [3.05, 3.63) is 24.0 Å². The van der Waals surface area contributed by atoms with E-state index in [4.69, 9.17) is 9.84 Å². The molecule has 1 heterocycles. The number of carboxylic acid groups (broad SMARTS) is 1. The highest BCUT2D eigenvalue weighted by molar-refractivity contribution is 5.73. The second kappa shape index (κ2) is 6.33. The summed E-state index contributed by atoms with van der Waals surface area (Å²) in [6.45, 7) is 5.18. The van der Waals surface area contributed by atoms with E-state index in [1.807, 2.05) is 26.0 Å². The molecule has 0 radical (unpaired) electrons. The SMILES string of the molecule is CC(C)CC(NCC1=CCOC=C1)C(=O)O. The van der Waals surface area contributed by atoms with Gasteiger partial charge in [0.2, 0.25) is 0 Å². The lowest BCUT2D eigenvalue weighted by Crippen LogP contribution is -2.38. The smallest absolute Gasteiger partial charge is 0.320 e. The molecule has 0 saturated carbocycles. The molecule has 1 rings (SSSR count). The van der Waals surface area contributed by atoms with Crippen molar-refractivity contribution in [2.75, 3.05) is 13.2 Å². The summed E-state index contributed by atoms with van der Waals surface area (Å²) in [5.74, 6) is -0.418. The molecule has 0 bridgehead atoms. The third-order valence-electron chi connectivity index (χ3n) is 2.38. The van der Waals surface area contributed by atoms with Crippen LogP contribution in [0.5, 0.6) is 0 Å². The lowest BCUT2D eigenvalue weighted by molar-refractivity contribution is -0.139. The van der Waals surface area contributed by atoms with E-state index in [-0.39, 0.29) is 0 Å². The van der Waals surface area contributed by atoms with Gasteiger partial charge in [0.15, 0.2) is 0 Å². The first kappa shape index (κ1) is 12.8. The Morgan fingerprint density at radius 2 is 2.38 bits per heavy atom. The Kier molecular flexibility index (Phi) is 5.05. The van der Waals surface area contributed by atoms with Gasteiger partial charge in [-0.2, -0.15) is 0 Å². The Morgan fingerprint density at radius 1 is 1.62 bits per heavy atom. The van der Waals surface area contributed by atoms with Crippen LogP contribution in [0, 0.1) is 5.92 Å². The first-order valence-corrected chi connectivity index (χ1v) is 5.53. The summed E-state index contributed by atoms with van der Waals surface area (Å²) in [5, 5.41) is 12.1. The fourth-order valence-corrected chi connectivity index (χ4v) is 1.53. The minimum atomic E-state index is -0.787. The third kappa shape index (κ3) is 4.49. The number of ether oxygens (including phenoxy) is 1. The van der Waals surface area contributed by atoms with Crippen LogP contribution in [0.25, 0.3) is 0 Å². The van der Waals surface area contributed by atoms with Gasteiger partial charge in [-0.1, -0.05) is 13.8 Å². The molecule has 0 aromatic rings. The van der Waals surface area contributed by atoms with Crippen LogP contribution in [-0.4, -0.2) is 30.3 Å². The first-order chi connectivity index (χ1) is 7.59. The van der Waals surface area contributed by atoms with E-state index in [1.165, 1.54) is 0 Å². The molecule has 4 nitrogen and oxygen atoms in total. The minimum Gasteiger partial charge on any atom is -0.497 e. The zero-order valence-corrected chi connectivity index (χ0v) is 9.77. The number of carbonyl (C=O) groups is 1. The fourth-order valence-electron chi connectivity index (χ4n) is 1.53. The quantitative estimate of drug-likeness (QED) is 0.720. The molecule has 0 aliphatic carbocycles. The van der Waals surface area contributed by atoms with Gasteiger partial charge in [-0.05, 0) is 30.1 Å². The lowest BCUT2D eigenvalue weighted by atomic mass is 10.0. The van der Waals surface area contributed by atoms with Gasteiger partial charge in [0, 0.05) is 6.54 Å². The number of carboxylic acids is 1. The fraction of sp³-hybridized carbons (Fsp3) is 0.583. The zero-order chi connectivity index (χ0) is 12.0. The van der Waals surface area contributed by atoms with Crippen LogP contribution in [0.3, 0.4) is 0 Å². The van der Waals surface area contributed by atoms with Crippen molar-refractivity contribution in [1.82, 2.24) is 5.32 Å². The van der Waals surface area contributed by atoms with E-state index in [9.17, 15) is 4.79 Å². The van der Waals surface area contributed by atoms with Gasteiger partial charge in [0.25, 0.3) is 0 Å². The topological polar surface area (TPSA) is 58.6 Å². The molecule has 16 heavy (non-hydrogen) atoms. The molecule has 0 aromatic heterocycles. The summed E-state index contributed by atoms with van der Waals surface area (Å²) >= 11 is 0. The number of hydrogen-bond acceptors (Lipinski definition) is 3. The van der Waals surface area contributed by atoms with Gasteiger partial charge < -0.3 is 15.2 Å². The van der Waals surface area contributed by atoms with Crippen molar-refractivity contribution in [3.8, 4) is 0 Å². The van der Waals surface area contributed by atoms with E-state index < -0.39 is 12.0 Å². The molecule has 1 aliphatic heterocycles. The largest absolute Gasteiger partial charge is 0.497 e.